The predicted octanol–water partition coefficient (Wildman–Crippen LogP) is 0.764. The van der Waals surface area contributed by atoms with Gasteiger partial charge in [-0.3, -0.25) is 9.59 Å². The lowest BCUT2D eigenvalue weighted by Crippen LogP contribution is -2.36. The van der Waals surface area contributed by atoms with E-state index in [1.807, 2.05) is 19.1 Å². The van der Waals surface area contributed by atoms with Gasteiger partial charge < -0.3 is 15.6 Å². The number of aryl methyl sites for hydroxylation is 1. The lowest BCUT2D eigenvalue weighted by atomic mass is 10.1. The molecular formula is C14H16N4O2. The minimum Gasteiger partial charge on any atom is -0.349 e. The zero-order chi connectivity index (χ0) is 14.4. The molecule has 0 bridgehead atoms. The molecule has 0 saturated heterocycles. The van der Waals surface area contributed by atoms with Gasteiger partial charge in [-0.15, -0.1) is 0 Å². The quantitative estimate of drug-likeness (QED) is 0.751. The molecular weight excluding hydrogens is 256 g/mol. The van der Waals surface area contributed by atoms with Gasteiger partial charge in [-0.05, 0) is 19.1 Å². The lowest BCUT2D eigenvalue weighted by molar-refractivity contribution is -0.120. The summed E-state index contributed by atoms with van der Waals surface area (Å²) >= 11 is 0. The fourth-order valence-corrected chi connectivity index (χ4v) is 1.69. The highest BCUT2D eigenvalue weighted by Crippen LogP contribution is 2.03. The minimum absolute atomic E-state index is 0.0547. The number of imidazole rings is 1. The van der Waals surface area contributed by atoms with E-state index in [4.69, 9.17) is 0 Å². The third kappa shape index (κ3) is 3.94. The maximum absolute atomic E-state index is 11.8. The van der Waals surface area contributed by atoms with Gasteiger partial charge >= 0.3 is 0 Å². The minimum atomic E-state index is -0.259. The van der Waals surface area contributed by atoms with Crippen LogP contribution < -0.4 is 10.6 Å². The van der Waals surface area contributed by atoms with Crippen LogP contribution in [-0.4, -0.2) is 28.3 Å². The van der Waals surface area contributed by atoms with Gasteiger partial charge in [-0.25, -0.2) is 4.98 Å². The molecule has 0 atom stereocenters. The van der Waals surface area contributed by atoms with E-state index in [2.05, 4.69) is 20.6 Å². The topological polar surface area (TPSA) is 86.9 Å². The number of amides is 2. The highest BCUT2D eigenvalue weighted by molar-refractivity contribution is 5.96. The number of carbonyl (C=O) groups is 2. The van der Waals surface area contributed by atoms with E-state index in [1.165, 1.54) is 0 Å². The first kappa shape index (κ1) is 13.8. The number of aromatic amines is 1. The lowest BCUT2D eigenvalue weighted by Gasteiger charge is -2.06. The van der Waals surface area contributed by atoms with E-state index in [0.717, 1.165) is 11.3 Å². The van der Waals surface area contributed by atoms with Crippen LogP contribution in [0.4, 0.5) is 0 Å². The third-order valence-electron chi connectivity index (χ3n) is 2.72. The average molecular weight is 272 g/mol. The molecule has 0 radical (unpaired) electrons. The summed E-state index contributed by atoms with van der Waals surface area (Å²) in [5.74, 6) is -0.508. The number of nitrogens with zero attached hydrogens (tertiary/aromatic N) is 1. The molecule has 0 saturated carbocycles. The van der Waals surface area contributed by atoms with E-state index < -0.39 is 0 Å². The molecule has 6 heteroatoms. The SMILES string of the molecule is Cc1cccc(C(=O)NCC(=O)NCc2cnc[nH]2)c1. The molecule has 1 aromatic heterocycles. The van der Waals surface area contributed by atoms with Crippen LogP contribution >= 0.6 is 0 Å². The first-order valence-corrected chi connectivity index (χ1v) is 6.24. The van der Waals surface area contributed by atoms with Crippen LogP contribution in [-0.2, 0) is 11.3 Å². The largest absolute Gasteiger partial charge is 0.349 e. The second-order valence-corrected chi connectivity index (χ2v) is 4.41. The molecule has 2 amide bonds. The Hall–Kier alpha value is -2.63. The smallest absolute Gasteiger partial charge is 0.251 e. The zero-order valence-electron chi connectivity index (χ0n) is 11.1. The fourth-order valence-electron chi connectivity index (χ4n) is 1.69. The van der Waals surface area contributed by atoms with E-state index >= 15 is 0 Å². The van der Waals surface area contributed by atoms with Gasteiger partial charge in [-0.2, -0.15) is 0 Å². The normalized spacial score (nSPS) is 10.1. The Morgan fingerprint density at radius 1 is 1.30 bits per heavy atom. The molecule has 0 aliphatic heterocycles. The number of rotatable bonds is 5. The summed E-state index contributed by atoms with van der Waals surface area (Å²) in [7, 11) is 0. The van der Waals surface area contributed by atoms with E-state index in [0.29, 0.717) is 12.1 Å². The Balaban J connectivity index is 1.77. The molecule has 0 aliphatic rings. The highest BCUT2D eigenvalue weighted by Gasteiger charge is 2.08. The van der Waals surface area contributed by atoms with Crippen molar-refractivity contribution < 1.29 is 9.59 Å². The maximum Gasteiger partial charge on any atom is 0.251 e. The summed E-state index contributed by atoms with van der Waals surface area (Å²) in [5, 5.41) is 5.26. The summed E-state index contributed by atoms with van der Waals surface area (Å²) < 4.78 is 0. The number of hydrogen-bond donors (Lipinski definition) is 3. The van der Waals surface area contributed by atoms with Crippen molar-refractivity contribution in [3.8, 4) is 0 Å². The molecule has 0 aliphatic carbocycles. The van der Waals surface area contributed by atoms with Crippen LogP contribution in [0, 0.1) is 6.92 Å². The number of nitrogens with one attached hydrogen (secondary N) is 3. The zero-order valence-corrected chi connectivity index (χ0v) is 11.1. The average Bonchev–Trinajstić information content (AvgIpc) is 2.95. The summed E-state index contributed by atoms with van der Waals surface area (Å²) in [6.07, 6.45) is 3.17. The van der Waals surface area contributed by atoms with Gasteiger partial charge in [0, 0.05) is 11.8 Å². The Kier molecular flexibility index (Phi) is 4.49. The van der Waals surface area contributed by atoms with Crippen molar-refractivity contribution in [1.29, 1.82) is 0 Å². The molecule has 3 N–H and O–H groups in total. The summed E-state index contributed by atoms with van der Waals surface area (Å²) in [6, 6.07) is 7.21. The number of carbonyl (C=O) groups excluding carboxylic acids is 2. The predicted molar refractivity (Wildman–Crippen MR) is 73.9 cm³/mol. The van der Waals surface area contributed by atoms with Crippen LogP contribution in [0.15, 0.2) is 36.8 Å². The molecule has 1 heterocycles. The third-order valence-corrected chi connectivity index (χ3v) is 2.72. The fraction of sp³-hybridized carbons (Fsp3) is 0.214. The number of aromatic nitrogens is 2. The van der Waals surface area contributed by atoms with Crippen molar-refractivity contribution in [1.82, 2.24) is 20.6 Å². The van der Waals surface area contributed by atoms with Crippen molar-refractivity contribution in [2.24, 2.45) is 0 Å². The molecule has 6 nitrogen and oxygen atoms in total. The van der Waals surface area contributed by atoms with Gasteiger partial charge in [0.2, 0.25) is 5.91 Å². The molecule has 2 rings (SSSR count). The standard InChI is InChI=1S/C14H16N4O2/c1-10-3-2-4-11(5-10)14(20)17-8-13(19)16-7-12-6-15-9-18-12/h2-6,9H,7-8H2,1H3,(H,15,18)(H,16,19)(H,17,20). The van der Waals surface area contributed by atoms with Crippen LogP contribution in [0.3, 0.4) is 0 Å². The molecule has 2 aromatic rings. The van der Waals surface area contributed by atoms with Crippen molar-refractivity contribution in [2.45, 2.75) is 13.5 Å². The summed E-state index contributed by atoms with van der Waals surface area (Å²) in [6.45, 7) is 2.22. The summed E-state index contributed by atoms with van der Waals surface area (Å²) in [5.41, 5.74) is 2.36. The molecule has 0 spiro atoms. The van der Waals surface area contributed by atoms with Crippen LogP contribution in [0.25, 0.3) is 0 Å². The van der Waals surface area contributed by atoms with E-state index in [-0.39, 0.29) is 18.4 Å². The van der Waals surface area contributed by atoms with Crippen LogP contribution in [0.1, 0.15) is 21.6 Å². The highest BCUT2D eigenvalue weighted by atomic mass is 16.2. The second kappa shape index (κ2) is 6.51. The van der Waals surface area contributed by atoms with Gasteiger partial charge in [-0.1, -0.05) is 17.7 Å². The molecule has 20 heavy (non-hydrogen) atoms. The van der Waals surface area contributed by atoms with E-state index in [1.54, 1.807) is 24.7 Å². The van der Waals surface area contributed by atoms with Gasteiger partial charge in [0.05, 0.1) is 25.1 Å². The van der Waals surface area contributed by atoms with Crippen LogP contribution in [0.5, 0.6) is 0 Å². The van der Waals surface area contributed by atoms with Crippen molar-refractivity contribution in [3.63, 3.8) is 0 Å². The Morgan fingerprint density at radius 2 is 2.15 bits per heavy atom. The van der Waals surface area contributed by atoms with Crippen LogP contribution in [0.2, 0.25) is 0 Å². The van der Waals surface area contributed by atoms with Gasteiger partial charge in [0.15, 0.2) is 0 Å². The number of benzene rings is 1. The maximum atomic E-state index is 11.8. The Morgan fingerprint density at radius 3 is 2.85 bits per heavy atom. The Labute approximate surface area is 116 Å². The van der Waals surface area contributed by atoms with E-state index in [9.17, 15) is 9.59 Å². The van der Waals surface area contributed by atoms with Gasteiger partial charge in [0.1, 0.15) is 0 Å². The van der Waals surface area contributed by atoms with Crippen molar-refractivity contribution in [3.05, 3.63) is 53.6 Å². The number of H-pyrrole nitrogens is 1. The first-order valence-electron chi connectivity index (χ1n) is 6.24. The molecule has 104 valence electrons. The second-order valence-electron chi connectivity index (χ2n) is 4.41. The Bertz CT molecular complexity index is 593. The molecule has 1 aromatic carbocycles. The molecule has 0 unspecified atom stereocenters. The van der Waals surface area contributed by atoms with Crippen molar-refractivity contribution >= 4 is 11.8 Å². The van der Waals surface area contributed by atoms with Crippen molar-refractivity contribution in [2.75, 3.05) is 6.54 Å². The monoisotopic (exact) mass is 272 g/mol. The first-order chi connectivity index (χ1) is 9.65. The van der Waals surface area contributed by atoms with Gasteiger partial charge in [0.25, 0.3) is 5.91 Å². The summed E-state index contributed by atoms with van der Waals surface area (Å²) in [4.78, 5) is 30.1. The molecule has 0 fully saturated rings. The number of hydrogen-bond acceptors (Lipinski definition) is 3.